The van der Waals surface area contributed by atoms with Crippen molar-refractivity contribution in [1.29, 1.82) is 0 Å². The Hall–Kier alpha value is -0.820. The van der Waals surface area contributed by atoms with Gasteiger partial charge >= 0.3 is 0 Å². The molecule has 1 aromatic carbocycles. The lowest BCUT2D eigenvalue weighted by molar-refractivity contribution is 0.286. The molecule has 1 atom stereocenters. The maximum Gasteiger partial charge on any atom is 0.0323 e. The molecule has 0 aliphatic carbocycles. The van der Waals surface area contributed by atoms with Gasteiger partial charge in [0, 0.05) is 12.6 Å². The van der Waals surface area contributed by atoms with Gasteiger partial charge < -0.3 is 0 Å². The van der Waals surface area contributed by atoms with E-state index in [1.807, 2.05) is 0 Å². The molecule has 0 radical (unpaired) electrons. The summed E-state index contributed by atoms with van der Waals surface area (Å²) >= 11 is 0. The van der Waals surface area contributed by atoms with E-state index in [1.54, 1.807) is 0 Å². The van der Waals surface area contributed by atoms with E-state index >= 15 is 0 Å². The smallest absolute Gasteiger partial charge is 0.0323 e. The van der Waals surface area contributed by atoms with Crippen LogP contribution in [0.5, 0.6) is 0 Å². The van der Waals surface area contributed by atoms with Crippen LogP contribution in [0.25, 0.3) is 0 Å². The first kappa shape index (κ1) is 6.86. The third-order valence-electron chi connectivity index (χ3n) is 2.59. The summed E-state index contributed by atoms with van der Waals surface area (Å²) in [5, 5.41) is 0. The minimum atomic E-state index is 0.603. The summed E-state index contributed by atoms with van der Waals surface area (Å²) in [4.78, 5) is 2.37. The molecule has 1 aliphatic rings. The van der Waals surface area contributed by atoms with Crippen LogP contribution in [0.4, 0.5) is 0 Å². The molecule has 0 unspecified atom stereocenters. The summed E-state index contributed by atoms with van der Waals surface area (Å²) < 4.78 is 0. The van der Waals surface area contributed by atoms with E-state index in [0.29, 0.717) is 6.04 Å². The summed E-state index contributed by atoms with van der Waals surface area (Å²) in [5.41, 5.74) is 2.98. The van der Waals surface area contributed by atoms with Gasteiger partial charge in [-0.2, -0.15) is 0 Å². The van der Waals surface area contributed by atoms with Crippen molar-refractivity contribution in [3.63, 3.8) is 0 Å². The average molecular weight is 147 g/mol. The maximum atomic E-state index is 2.37. The van der Waals surface area contributed by atoms with Gasteiger partial charge in [-0.25, -0.2) is 0 Å². The first-order chi connectivity index (χ1) is 5.29. The predicted octanol–water partition coefficient (Wildman–Crippen LogP) is 2.19. The van der Waals surface area contributed by atoms with E-state index in [4.69, 9.17) is 0 Å². The Balaban J connectivity index is 2.47. The number of nitrogens with zero attached hydrogens (tertiary/aromatic N) is 1. The third kappa shape index (κ3) is 0.962. The SMILES string of the molecule is C[C@@H]1c2ccccc2CN1C. The van der Waals surface area contributed by atoms with Crippen molar-refractivity contribution in [2.75, 3.05) is 7.05 Å². The lowest BCUT2D eigenvalue weighted by atomic mass is 10.1. The summed E-state index contributed by atoms with van der Waals surface area (Å²) in [5.74, 6) is 0. The normalized spacial score (nSPS) is 23.6. The van der Waals surface area contributed by atoms with Gasteiger partial charge in [-0.3, -0.25) is 4.90 Å². The molecule has 1 nitrogen and oxygen atoms in total. The van der Waals surface area contributed by atoms with E-state index in [1.165, 1.54) is 11.1 Å². The quantitative estimate of drug-likeness (QED) is 0.543. The Morgan fingerprint density at radius 3 is 2.82 bits per heavy atom. The van der Waals surface area contributed by atoms with Crippen LogP contribution in [0.1, 0.15) is 24.1 Å². The summed E-state index contributed by atoms with van der Waals surface area (Å²) in [6, 6.07) is 9.28. The topological polar surface area (TPSA) is 3.24 Å². The Kier molecular flexibility index (Phi) is 1.46. The summed E-state index contributed by atoms with van der Waals surface area (Å²) in [6.45, 7) is 3.36. The van der Waals surface area contributed by atoms with Crippen LogP contribution >= 0.6 is 0 Å². The van der Waals surface area contributed by atoms with Crippen LogP contribution in [-0.4, -0.2) is 11.9 Å². The standard InChI is InChI=1S/C10H13N/c1-8-10-6-4-3-5-9(10)7-11(8)2/h3-6,8H,7H2,1-2H3/t8-/m1/s1. The molecule has 1 heterocycles. The second-order valence-corrected chi connectivity index (χ2v) is 3.29. The van der Waals surface area contributed by atoms with E-state index in [2.05, 4.69) is 43.1 Å². The zero-order chi connectivity index (χ0) is 7.84. The molecular weight excluding hydrogens is 134 g/mol. The molecule has 2 rings (SSSR count). The van der Waals surface area contributed by atoms with Gasteiger partial charge in [0.2, 0.25) is 0 Å². The van der Waals surface area contributed by atoms with E-state index < -0.39 is 0 Å². The average Bonchev–Trinajstić information content (AvgIpc) is 2.30. The van der Waals surface area contributed by atoms with Crippen LogP contribution in [0.2, 0.25) is 0 Å². The highest BCUT2D eigenvalue weighted by Gasteiger charge is 2.21. The van der Waals surface area contributed by atoms with Crippen LogP contribution in [0, 0.1) is 0 Å². The molecule has 0 aromatic heterocycles. The Labute approximate surface area is 67.6 Å². The molecule has 1 heteroatoms. The lowest BCUT2D eigenvalue weighted by Crippen LogP contribution is -2.12. The molecule has 0 saturated carbocycles. The van der Waals surface area contributed by atoms with Crippen molar-refractivity contribution in [1.82, 2.24) is 4.90 Å². The van der Waals surface area contributed by atoms with Gasteiger partial charge in [0.25, 0.3) is 0 Å². The number of hydrogen-bond donors (Lipinski definition) is 0. The van der Waals surface area contributed by atoms with E-state index in [9.17, 15) is 0 Å². The highest BCUT2D eigenvalue weighted by atomic mass is 15.1. The monoisotopic (exact) mass is 147 g/mol. The highest BCUT2D eigenvalue weighted by Crippen LogP contribution is 2.30. The fourth-order valence-corrected chi connectivity index (χ4v) is 1.73. The molecule has 58 valence electrons. The van der Waals surface area contributed by atoms with Gasteiger partial charge in [0.05, 0.1) is 0 Å². The van der Waals surface area contributed by atoms with Gasteiger partial charge in [-0.15, -0.1) is 0 Å². The second-order valence-electron chi connectivity index (χ2n) is 3.29. The first-order valence-corrected chi connectivity index (χ1v) is 4.07. The molecule has 0 saturated heterocycles. The molecule has 0 amide bonds. The first-order valence-electron chi connectivity index (χ1n) is 4.07. The van der Waals surface area contributed by atoms with E-state index in [0.717, 1.165) is 6.54 Å². The fourth-order valence-electron chi connectivity index (χ4n) is 1.73. The zero-order valence-electron chi connectivity index (χ0n) is 7.04. The van der Waals surface area contributed by atoms with Gasteiger partial charge in [-0.1, -0.05) is 24.3 Å². The molecular formula is C10H13N. The molecule has 0 bridgehead atoms. The van der Waals surface area contributed by atoms with Crippen LogP contribution in [0.3, 0.4) is 0 Å². The van der Waals surface area contributed by atoms with E-state index in [-0.39, 0.29) is 0 Å². The molecule has 1 aliphatic heterocycles. The highest BCUT2D eigenvalue weighted by molar-refractivity contribution is 5.33. The molecule has 0 fully saturated rings. The predicted molar refractivity (Wildman–Crippen MR) is 46.3 cm³/mol. The van der Waals surface area contributed by atoms with Crippen LogP contribution in [-0.2, 0) is 6.54 Å². The summed E-state index contributed by atoms with van der Waals surface area (Å²) in [7, 11) is 2.17. The largest absolute Gasteiger partial charge is 0.295 e. The van der Waals surface area contributed by atoms with Crippen molar-refractivity contribution in [3.8, 4) is 0 Å². The molecule has 1 aromatic rings. The van der Waals surface area contributed by atoms with Crippen molar-refractivity contribution in [3.05, 3.63) is 35.4 Å². The van der Waals surface area contributed by atoms with Crippen LogP contribution in [0.15, 0.2) is 24.3 Å². The molecule has 0 N–H and O–H groups in total. The van der Waals surface area contributed by atoms with Crippen molar-refractivity contribution >= 4 is 0 Å². The Morgan fingerprint density at radius 2 is 2.09 bits per heavy atom. The minimum absolute atomic E-state index is 0.603. The number of benzene rings is 1. The van der Waals surface area contributed by atoms with Crippen molar-refractivity contribution in [2.24, 2.45) is 0 Å². The van der Waals surface area contributed by atoms with Crippen molar-refractivity contribution < 1.29 is 0 Å². The Morgan fingerprint density at radius 1 is 1.36 bits per heavy atom. The number of fused-ring (bicyclic) bond motifs is 1. The number of rotatable bonds is 0. The lowest BCUT2D eigenvalue weighted by Gasteiger charge is -2.13. The second kappa shape index (κ2) is 2.35. The third-order valence-corrected chi connectivity index (χ3v) is 2.59. The molecule has 11 heavy (non-hydrogen) atoms. The Bertz CT molecular complexity index is 267. The zero-order valence-corrected chi connectivity index (χ0v) is 7.04. The molecule has 0 spiro atoms. The fraction of sp³-hybridized carbons (Fsp3) is 0.400. The number of hydrogen-bond acceptors (Lipinski definition) is 1. The summed E-state index contributed by atoms with van der Waals surface area (Å²) in [6.07, 6.45) is 0. The van der Waals surface area contributed by atoms with Gasteiger partial charge in [-0.05, 0) is 25.1 Å². The van der Waals surface area contributed by atoms with Crippen molar-refractivity contribution in [2.45, 2.75) is 19.5 Å². The maximum absolute atomic E-state index is 2.37. The van der Waals surface area contributed by atoms with Gasteiger partial charge in [0.1, 0.15) is 0 Å². The van der Waals surface area contributed by atoms with Gasteiger partial charge in [0.15, 0.2) is 0 Å². The minimum Gasteiger partial charge on any atom is -0.295 e. The van der Waals surface area contributed by atoms with Crippen LogP contribution < -0.4 is 0 Å².